The standard InChI is InChI=1S/C32H29N5O.Pt/c1-32(2)30-10-5-6-11-31(30)37(23-35(32)4)27-18-25(24-12-14-33-15-13-24)19-29(21-27)38-28-9-7-8-26(20-28)36-17-16-34(3)22-36;/h5-19,22-23H,1-4H3;/q-4;+4. The monoisotopic (exact) mass is 694 g/mol. The van der Waals surface area contributed by atoms with E-state index >= 15 is 0 Å². The second kappa shape index (κ2) is 10.9. The van der Waals surface area contributed by atoms with Crippen LogP contribution in [0.4, 0.5) is 17.1 Å². The maximum Gasteiger partial charge on any atom is 4.00 e. The molecule has 0 fully saturated rings. The van der Waals surface area contributed by atoms with Crippen LogP contribution in [0.15, 0.2) is 91.5 Å². The Balaban J connectivity index is 0.00000308. The Bertz CT molecular complexity index is 1490. The third-order valence-corrected chi connectivity index (χ3v) is 7.12. The van der Waals surface area contributed by atoms with Crippen LogP contribution in [0.2, 0.25) is 0 Å². The molecule has 2 aliphatic rings. The zero-order valence-electron chi connectivity index (χ0n) is 22.3. The molecule has 3 aromatic carbocycles. The summed E-state index contributed by atoms with van der Waals surface area (Å²) in [4.78, 5) is 12.6. The van der Waals surface area contributed by atoms with E-state index in [4.69, 9.17) is 4.74 Å². The Kier molecular flexibility index (Phi) is 7.52. The number of benzene rings is 3. The van der Waals surface area contributed by atoms with Crippen LogP contribution in [0, 0.1) is 25.5 Å². The number of pyridine rings is 1. The van der Waals surface area contributed by atoms with Gasteiger partial charge in [-0.3, -0.25) is 4.98 Å². The first-order valence-corrected chi connectivity index (χ1v) is 12.6. The van der Waals surface area contributed by atoms with Gasteiger partial charge in [0, 0.05) is 35.1 Å². The molecule has 7 heteroatoms. The fraction of sp³-hybridized carbons (Fsp3) is 0.156. The van der Waals surface area contributed by atoms with Crippen molar-refractivity contribution in [3.63, 3.8) is 0 Å². The Labute approximate surface area is 245 Å². The molecule has 0 radical (unpaired) electrons. The van der Waals surface area contributed by atoms with E-state index in [0.717, 1.165) is 28.2 Å². The number of aromatic nitrogens is 1. The Morgan fingerprint density at radius 2 is 1.56 bits per heavy atom. The van der Waals surface area contributed by atoms with Gasteiger partial charge in [0.1, 0.15) is 0 Å². The average molecular weight is 695 g/mol. The van der Waals surface area contributed by atoms with Crippen LogP contribution in [-0.2, 0) is 26.6 Å². The van der Waals surface area contributed by atoms with Gasteiger partial charge in [0.25, 0.3) is 0 Å². The predicted octanol–water partition coefficient (Wildman–Crippen LogP) is 6.92. The van der Waals surface area contributed by atoms with E-state index in [1.807, 2.05) is 72.3 Å². The Morgan fingerprint density at radius 1 is 0.795 bits per heavy atom. The molecular weight excluding hydrogens is 665 g/mol. The summed E-state index contributed by atoms with van der Waals surface area (Å²) in [6, 6.07) is 29.5. The molecule has 0 spiro atoms. The van der Waals surface area contributed by atoms with E-state index in [-0.39, 0.29) is 26.6 Å². The molecular formula is C32H29N5OPt. The second-order valence-electron chi connectivity index (χ2n) is 10.0. The molecule has 0 aliphatic carbocycles. The van der Waals surface area contributed by atoms with Crippen molar-refractivity contribution in [3.05, 3.63) is 123 Å². The van der Waals surface area contributed by atoms with Crippen molar-refractivity contribution in [1.29, 1.82) is 0 Å². The van der Waals surface area contributed by atoms with Crippen LogP contribution in [0.1, 0.15) is 19.4 Å². The summed E-state index contributed by atoms with van der Waals surface area (Å²) in [5, 5.41) is 0. The summed E-state index contributed by atoms with van der Waals surface area (Å²) in [5.41, 5.74) is 6.09. The SMILES string of the molecule is CN1C=CN(c2[c-]c(Oc3[c-]c(N4[CH-]N(C)C(C)(C)c5ccccc54)cc(-c4ccncc4)c3)ccc2)[CH-]1.[Pt+4]. The van der Waals surface area contributed by atoms with E-state index in [1.54, 1.807) is 12.4 Å². The first-order chi connectivity index (χ1) is 18.4. The van der Waals surface area contributed by atoms with Crippen LogP contribution < -0.4 is 14.5 Å². The zero-order chi connectivity index (χ0) is 26.3. The zero-order valence-corrected chi connectivity index (χ0v) is 24.5. The van der Waals surface area contributed by atoms with Gasteiger partial charge < -0.3 is 24.3 Å². The smallest absolute Gasteiger partial charge is 0.510 e. The molecule has 6 rings (SSSR count). The van der Waals surface area contributed by atoms with Crippen molar-refractivity contribution in [2.24, 2.45) is 0 Å². The molecule has 3 heterocycles. The van der Waals surface area contributed by atoms with E-state index in [1.165, 1.54) is 5.56 Å². The number of nitrogens with zero attached hydrogens (tertiary/aromatic N) is 5. The first kappa shape index (κ1) is 27.0. The first-order valence-electron chi connectivity index (χ1n) is 12.6. The van der Waals surface area contributed by atoms with Crippen molar-refractivity contribution in [1.82, 2.24) is 14.8 Å². The maximum absolute atomic E-state index is 6.40. The van der Waals surface area contributed by atoms with Crippen molar-refractivity contribution < 1.29 is 25.8 Å². The molecule has 0 saturated heterocycles. The third-order valence-electron chi connectivity index (χ3n) is 7.12. The molecule has 198 valence electrons. The minimum Gasteiger partial charge on any atom is -0.510 e. The molecule has 0 N–H and O–H groups in total. The van der Waals surface area contributed by atoms with Gasteiger partial charge in [0.05, 0.1) is 0 Å². The van der Waals surface area contributed by atoms with Crippen molar-refractivity contribution in [2.45, 2.75) is 19.4 Å². The van der Waals surface area contributed by atoms with Crippen molar-refractivity contribution in [3.8, 4) is 22.6 Å². The van der Waals surface area contributed by atoms with E-state index in [9.17, 15) is 0 Å². The molecule has 1 aromatic heterocycles. The van der Waals surface area contributed by atoms with E-state index in [0.29, 0.717) is 11.5 Å². The Morgan fingerprint density at radius 3 is 2.33 bits per heavy atom. The van der Waals surface area contributed by atoms with Crippen molar-refractivity contribution in [2.75, 3.05) is 23.9 Å². The number of para-hydroxylation sites is 1. The summed E-state index contributed by atoms with van der Waals surface area (Å²) in [5.74, 6) is 1.23. The van der Waals surface area contributed by atoms with E-state index in [2.05, 4.69) is 84.8 Å². The number of rotatable bonds is 5. The van der Waals surface area contributed by atoms with E-state index < -0.39 is 0 Å². The number of hydrogen-bond donors (Lipinski definition) is 0. The van der Waals surface area contributed by atoms with Gasteiger partial charge in [0.15, 0.2) is 0 Å². The Hall–Kier alpha value is -3.60. The predicted molar refractivity (Wildman–Crippen MR) is 151 cm³/mol. The molecule has 0 unspecified atom stereocenters. The van der Waals surface area contributed by atoms with Gasteiger partial charge in [0.2, 0.25) is 0 Å². The van der Waals surface area contributed by atoms with Crippen LogP contribution in [-0.4, -0.2) is 28.9 Å². The summed E-state index contributed by atoms with van der Waals surface area (Å²) in [6.07, 6.45) is 7.59. The number of fused-ring (bicyclic) bond motifs is 1. The van der Waals surface area contributed by atoms with Gasteiger partial charge in [-0.2, -0.15) is 19.4 Å². The average Bonchev–Trinajstić information content (AvgIpc) is 3.38. The van der Waals surface area contributed by atoms with Crippen LogP contribution in [0.5, 0.6) is 11.5 Å². The van der Waals surface area contributed by atoms with Crippen molar-refractivity contribution >= 4 is 17.1 Å². The molecule has 0 bridgehead atoms. The molecule has 39 heavy (non-hydrogen) atoms. The molecule has 0 saturated carbocycles. The molecule has 4 aromatic rings. The number of hydrogen-bond acceptors (Lipinski definition) is 6. The van der Waals surface area contributed by atoms with Gasteiger partial charge in [-0.05, 0) is 69.7 Å². The van der Waals surface area contributed by atoms with Gasteiger partial charge in [-0.25, -0.2) is 0 Å². The van der Waals surface area contributed by atoms with Crippen LogP contribution in [0.3, 0.4) is 0 Å². The van der Waals surface area contributed by atoms with Crippen LogP contribution >= 0.6 is 0 Å². The fourth-order valence-corrected chi connectivity index (χ4v) is 4.74. The summed E-state index contributed by atoms with van der Waals surface area (Å²) in [6.45, 7) is 8.59. The fourth-order valence-electron chi connectivity index (χ4n) is 4.74. The number of ether oxygens (including phenoxy) is 1. The second-order valence-corrected chi connectivity index (χ2v) is 10.0. The third kappa shape index (κ3) is 5.32. The molecule has 0 atom stereocenters. The number of anilines is 3. The maximum atomic E-state index is 6.40. The summed E-state index contributed by atoms with van der Waals surface area (Å²) >= 11 is 0. The van der Waals surface area contributed by atoms with Gasteiger partial charge in [-0.15, -0.1) is 53.3 Å². The van der Waals surface area contributed by atoms with Gasteiger partial charge in [-0.1, -0.05) is 18.2 Å². The quantitative estimate of drug-likeness (QED) is 0.211. The minimum absolute atomic E-state index is 0. The van der Waals surface area contributed by atoms with Gasteiger partial charge >= 0.3 is 21.1 Å². The molecule has 6 nitrogen and oxygen atoms in total. The topological polar surface area (TPSA) is 35.1 Å². The molecule has 2 aliphatic heterocycles. The normalized spacial score (nSPS) is 16.2. The molecule has 0 amide bonds. The van der Waals surface area contributed by atoms with Crippen LogP contribution in [0.25, 0.3) is 11.1 Å². The largest absolute Gasteiger partial charge is 4.00 e. The summed E-state index contributed by atoms with van der Waals surface area (Å²) < 4.78 is 6.40. The summed E-state index contributed by atoms with van der Waals surface area (Å²) in [7, 11) is 4.10. The minimum atomic E-state index is -0.139.